The number of piperazine rings is 1. The molecule has 2 aliphatic carbocycles. The lowest BCUT2D eigenvalue weighted by Crippen LogP contribution is -2.55. The van der Waals surface area contributed by atoms with Gasteiger partial charge in [-0.3, -0.25) is 14.5 Å². The zero-order valence-corrected chi connectivity index (χ0v) is 25.9. The number of hydrogen-bond acceptors (Lipinski definition) is 6. The Bertz CT molecular complexity index is 1810. The molecule has 3 N–H and O–H groups in total. The number of nitrogens with one attached hydrogen (secondary N) is 1. The van der Waals surface area contributed by atoms with E-state index in [1.54, 1.807) is 19.2 Å². The van der Waals surface area contributed by atoms with Crippen LogP contribution in [0.4, 0.5) is 0 Å². The molecule has 0 radical (unpaired) electrons. The van der Waals surface area contributed by atoms with E-state index in [4.69, 9.17) is 9.88 Å². The number of amides is 2. The third kappa shape index (κ3) is 4.23. The molecular weight excluding hydrogens is 578 g/mol. The van der Waals surface area contributed by atoms with E-state index in [0.717, 1.165) is 85.2 Å². The lowest BCUT2D eigenvalue weighted by atomic mass is 9.80. The third-order valence-electron chi connectivity index (χ3n) is 11.0. The molecule has 3 aliphatic heterocycles. The molecule has 4 heterocycles. The van der Waals surface area contributed by atoms with Crippen molar-refractivity contribution in [2.45, 2.75) is 74.8 Å². The van der Waals surface area contributed by atoms with Crippen molar-refractivity contribution in [1.82, 2.24) is 19.1 Å². The van der Waals surface area contributed by atoms with Crippen molar-refractivity contribution < 1.29 is 22.7 Å². The van der Waals surface area contributed by atoms with Crippen LogP contribution < -0.4 is 14.6 Å². The van der Waals surface area contributed by atoms with E-state index in [1.165, 1.54) is 18.4 Å². The molecule has 11 heteroatoms. The van der Waals surface area contributed by atoms with Gasteiger partial charge < -0.3 is 14.2 Å². The average molecular weight is 618 g/mol. The molecule has 2 amide bonds. The Morgan fingerprint density at radius 2 is 1.82 bits per heavy atom. The van der Waals surface area contributed by atoms with E-state index >= 15 is 0 Å². The zero-order chi connectivity index (χ0) is 30.4. The Hall–Kier alpha value is -3.41. The normalized spacial score (nSPS) is 26.5. The quantitative estimate of drug-likeness (QED) is 0.449. The lowest BCUT2D eigenvalue weighted by Gasteiger charge is -2.41. The first-order valence-corrected chi connectivity index (χ1v) is 17.5. The Morgan fingerprint density at radius 1 is 1.00 bits per heavy atom. The van der Waals surface area contributed by atoms with Gasteiger partial charge in [0.2, 0.25) is 5.91 Å². The highest BCUT2D eigenvalue weighted by molar-refractivity contribution is 7.87. The summed E-state index contributed by atoms with van der Waals surface area (Å²) in [4.78, 5) is 32.6. The van der Waals surface area contributed by atoms with Crippen molar-refractivity contribution >= 4 is 32.9 Å². The van der Waals surface area contributed by atoms with Crippen LogP contribution in [0.5, 0.6) is 5.75 Å². The van der Waals surface area contributed by atoms with Gasteiger partial charge in [0.25, 0.3) is 16.1 Å². The minimum Gasteiger partial charge on any atom is -0.497 e. The molecule has 3 aromatic rings. The number of methoxy groups -OCH3 is 1. The number of carbonyl (C=O) groups is 2. The first kappa shape index (κ1) is 28.1. The maximum atomic E-state index is 14.9. The minimum atomic E-state index is -4.23. The van der Waals surface area contributed by atoms with E-state index in [2.05, 4.69) is 26.5 Å². The molecule has 1 aromatic heterocycles. The molecule has 3 unspecified atom stereocenters. The summed E-state index contributed by atoms with van der Waals surface area (Å²) in [5.74, 6) is 0.449. The molecular formula is C33H39N5O5S. The van der Waals surface area contributed by atoms with Crippen molar-refractivity contribution in [3.05, 3.63) is 53.1 Å². The molecule has 4 fully saturated rings. The van der Waals surface area contributed by atoms with Gasteiger partial charge in [0.1, 0.15) is 11.3 Å². The van der Waals surface area contributed by atoms with Crippen LogP contribution in [0, 0.1) is 0 Å². The summed E-state index contributed by atoms with van der Waals surface area (Å²) in [6.45, 7) is 3.45. The van der Waals surface area contributed by atoms with E-state index < -0.39 is 21.7 Å². The molecule has 2 aromatic carbocycles. The van der Waals surface area contributed by atoms with Crippen molar-refractivity contribution in [3.8, 4) is 17.0 Å². The van der Waals surface area contributed by atoms with Gasteiger partial charge in [-0.1, -0.05) is 25.3 Å². The molecule has 10 nitrogen and oxygen atoms in total. The number of nitrogens with two attached hydrogens (primary N) is 1. The SMILES string of the molecule is COc1ccc2c(c1)C1CC1(C(=O)N1CCN3CCCC3C1)n1c-2c(C2CCCCC2)c2ccc(C(=O)NS(N)(=O)=O)cc21. The summed E-state index contributed by atoms with van der Waals surface area (Å²) < 4.78 is 33.3. The second kappa shape index (κ2) is 10.1. The summed E-state index contributed by atoms with van der Waals surface area (Å²) in [5.41, 5.74) is 4.76. The van der Waals surface area contributed by atoms with Gasteiger partial charge >= 0.3 is 0 Å². The van der Waals surface area contributed by atoms with Gasteiger partial charge in [-0.2, -0.15) is 8.42 Å². The largest absolute Gasteiger partial charge is 0.497 e. The van der Waals surface area contributed by atoms with Gasteiger partial charge in [-0.25, -0.2) is 9.86 Å². The Morgan fingerprint density at radius 3 is 2.59 bits per heavy atom. The maximum Gasteiger partial charge on any atom is 0.298 e. The van der Waals surface area contributed by atoms with Gasteiger partial charge in [0, 0.05) is 48.1 Å². The molecule has 0 spiro atoms. The number of aromatic nitrogens is 1. The third-order valence-corrected chi connectivity index (χ3v) is 11.5. The van der Waals surface area contributed by atoms with Crippen LogP contribution in [-0.4, -0.2) is 73.9 Å². The van der Waals surface area contributed by atoms with Gasteiger partial charge in [-0.05, 0) is 86.0 Å². The lowest BCUT2D eigenvalue weighted by molar-refractivity contribution is -0.139. The number of rotatable bonds is 5. The van der Waals surface area contributed by atoms with Crippen molar-refractivity contribution in [2.24, 2.45) is 5.14 Å². The second-order valence-corrected chi connectivity index (χ2v) is 14.7. The number of hydrogen-bond donors (Lipinski definition) is 2. The van der Waals surface area contributed by atoms with Crippen LogP contribution in [0.1, 0.15) is 84.7 Å². The van der Waals surface area contributed by atoms with E-state index in [1.807, 2.05) is 16.9 Å². The predicted octanol–water partition coefficient (Wildman–Crippen LogP) is 3.80. The predicted molar refractivity (Wildman–Crippen MR) is 167 cm³/mol. The number of fused-ring (bicyclic) bond motifs is 9. The van der Waals surface area contributed by atoms with Crippen molar-refractivity contribution in [1.29, 1.82) is 0 Å². The monoisotopic (exact) mass is 617 g/mol. The molecule has 2 saturated heterocycles. The number of carbonyl (C=O) groups excluding carboxylic acids is 2. The fraction of sp³-hybridized carbons (Fsp3) is 0.515. The van der Waals surface area contributed by atoms with Gasteiger partial charge in [0.15, 0.2) is 0 Å². The molecule has 5 aliphatic rings. The number of benzene rings is 2. The number of ether oxygens (including phenoxy) is 1. The van der Waals surface area contributed by atoms with Crippen LogP contribution in [0.15, 0.2) is 36.4 Å². The highest BCUT2D eigenvalue weighted by atomic mass is 32.2. The standard InChI is InChI=1S/C33H39N5O5S/c1-43-23-10-12-24-26(17-23)27-18-33(27,32(40)37-15-14-36-13-5-8-22(36)19-37)38-28-16-21(31(39)35-44(34,41)42)9-11-25(28)29(30(24)38)20-6-3-2-4-7-20/h9-12,16-17,20,22,27H,2-8,13-15,18-19H2,1H3,(H,35,39)(H2,34,41,42). The smallest absolute Gasteiger partial charge is 0.298 e. The van der Waals surface area contributed by atoms with E-state index in [-0.39, 0.29) is 17.4 Å². The Labute approximate surface area is 257 Å². The van der Waals surface area contributed by atoms with Crippen molar-refractivity contribution in [3.63, 3.8) is 0 Å². The fourth-order valence-corrected chi connectivity index (χ4v) is 9.32. The molecule has 2 saturated carbocycles. The summed E-state index contributed by atoms with van der Waals surface area (Å²) in [5, 5.41) is 6.18. The Balaban J connectivity index is 1.36. The number of nitrogens with zero attached hydrogens (tertiary/aromatic N) is 3. The van der Waals surface area contributed by atoms with Crippen molar-refractivity contribution in [2.75, 3.05) is 33.3 Å². The van der Waals surface area contributed by atoms with Crippen LogP contribution in [-0.2, 0) is 20.5 Å². The molecule has 232 valence electrons. The first-order valence-electron chi connectivity index (χ1n) is 15.9. The van der Waals surface area contributed by atoms with Gasteiger partial charge in [0.05, 0.1) is 18.3 Å². The molecule has 44 heavy (non-hydrogen) atoms. The topological polar surface area (TPSA) is 127 Å². The van der Waals surface area contributed by atoms with Crippen LogP contribution in [0.3, 0.4) is 0 Å². The highest BCUT2D eigenvalue weighted by Gasteiger charge is 2.67. The van der Waals surface area contributed by atoms with Crippen LogP contribution in [0.2, 0.25) is 0 Å². The van der Waals surface area contributed by atoms with Gasteiger partial charge in [-0.15, -0.1) is 0 Å². The second-order valence-electron chi connectivity index (χ2n) is 13.4. The fourth-order valence-electron chi connectivity index (χ4n) is 8.95. The molecule has 0 bridgehead atoms. The summed E-state index contributed by atoms with van der Waals surface area (Å²) in [7, 11) is -2.56. The van der Waals surface area contributed by atoms with E-state index in [0.29, 0.717) is 24.9 Å². The minimum absolute atomic E-state index is 0.0223. The van der Waals surface area contributed by atoms with Crippen LogP contribution in [0.25, 0.3) is 22.2 Å². The average Bonchev–Trinajstić information content (AvgIpc) is 3.44. The summed E-state index contributed by atoms with van der Waals surface area (Å²) in [6, 6.07) is 12.0. The molecule has 3 atom stereocenters. The summed E-state index contributed by atoms with van der Waals surface area (Å²) >= 11 is 0. The van der Waals surface area contributed by atoms with E-state index in [9.17, 15) is 18.0 Å². The molecule has 8 rings (SSSR count). The maximum absolute atomic E-state index is 14.9. The van der Waals surface area contributed by atoms with Crippen LogP contribution >= 0.6 is 0 Å². The Kier molecular flexibility index (Phi) is 6.42. The highest BCUT2D eigenvalue weighted by Crippen LogP contribution is 2.67. The zero-order valence-electron chi connectivity index (χ0n) is 25.0. The summed E-state index contributed by atoms with van der Waals surface area (Å²) in [6.07, 6.45) is 8.62. The first-order chi connectivity index (χ1) is 21.2.